The van der Waals surface area contributed by atoms with E-state index in [0.717, 1.165) is 36.1 Å². The number of nitrogens with one attached hydrogen (secondary N) is 1. The average molecular weight is 366 g/mol. The van der Waals surface area contributed by atoms with E-state index >= 15 is 0 Å². The van der Waals surface area contributed by atoms with Crippen LogP contribution in [-0.2, 0) is 16.0 Å². The summed E-state index contributed by atoms with van der Waals surface area (Å²) in [4.78, 5) is 23.8. The molecule has 2 heterocycles. The highest BCUT2D eigenvalue weighted by Gasteiger charge is 2.40. The minimum Gasteiger partial charge on any atom is -0.481 e. The van der Waals surface area contributed by atoms with Gasteiger partial charge in [-0.3, -0.25) is 15.0 Å². The van der Waals surface area contributed by atoms with E-state index in [-0.39, 0.29) is 18.1 Å². The van der Waals surface area contributed by atoms with Crippen molar-refractivity contribution in [3.8, 4) is 0 Å². The van der Waals surface area contributed by atoms with E-state index < -0.39 is 12.1 Å². The maximum atomic E-state index is 13.0. The highest BCUT2D eigenvalue weighted by molar-refractivity contribution is 6.25. The van der Waals surface area contributed by atoms with Gasteiger partial charge in [0.1, 0.15) is 23.9 Å². The van der Waals surface area contributed by atoms with Crippen LogP contribution in [-0.4, -0.2) is 47.9 Å². The SMILES string of the molecule is CCO/C(O)=C1/C(=O)N2C=NC3=C(CCCc4ccccc43)C2=NC1NC. The summed E-state index contributed by atoms with van der Waals surface area (Å²) in [6.07, 6.45) is 3.54. The molecular weight excluding hydrogens is 344 g/mol. The first kappa shape index (κ1) is 17.5. The number of carbonyl (C=O) groups excluding carboxylic acids is 1. The van der Waals surface area contributed by atoms with Gasteiger partial charge in [0.15, 0.2) is 0 Å². The summed E-state index contributed by atoms with van der Waals surface area (Å²) < 4.78 is 5.16. The summed E-state index contributed by atoms with van der Waals surface area (Å²) in [5.74, 6) is -0.184. The molecule has 1 aliphatic carbocycles. The topological polar surface area (TPSA) is 86.5 Å². The highest BCUT2D eigenvalue weighted by Crippen LogP contribution is 2.36. The number of aliphatic hydroxyl groups excluding tert-OH is 1. The fourth-order valence-corrected chi connectivity index (χ4v) is 3.74. The molecule has 7 heteroatoms. The minimum atomic E-state index is -0.672. The second-order valence-corrected chi connectivity index (χ2v) is 6.55. The van der Waals surface area contributed by atoms with Crippen LogP contribution in [0.25, 0.3) is 5.70 Å². The number of benzene rings is 1. The molecule has 7 nitrogen and oxygen atoms in total. The first-order valence-corrected chi connectivity index (χ1v) is 9.16. The van der Waals surface area contributed by atoms with E-state index in [1.807, 2.05) is 12.1 Å². The number of amides is 1. The van der Waals surface area contributed by atoms with Crippen LogP contribution < -0.4 is 5.32 Å². The Morgan fingerprint density at radius 2 is 2.19 bits per heavy atom. The van der Waals surface area contributed by atoms with Gasteiger partial charge in [-0.25, -0.2) is 9.98 Å². The van der Waals surface area contributed by atoms with Gasteiger partial charge in [-0.1, -0.05) is 24.3 Å². The smallest absolute Gasteiger partial charge is 0.289 e. The highest BCUT2D eigenvalue weighted by atomic mass is 16.6. The summed E-state index contributed by atoms with van der Waals surface area (Å²) in [6.45, 7) is 2.01. The Labute approximate surface area is 157 Å². The molecule has 3 aliphatic rings. The van der Waals surface area contributed by atoms with Crippen LogP contribution in [0.1, 0.15) is 30.9 Å². The molecular formula is C20H22N4O3. The summed E-state index contributed by atoms with van der Waals surface area (Å²) in [5.41, 5.74) is 4.28. The van der Waals surface area contributed by atoms with Crippen LogP contribution in [0.5, 0.6) is 0 Å². The van der Waals surface area contributed by atoms with Crippen molar-refractivity contribution in [3.63, 3.8) is 0 Å². The second-order valence-electron chi connectivity index (χ2n) is 6.55. The standard InChI is InChI=1S/C20H22N4O3/c1-3-27-20(26)15-17(21-2)23-18-14-10-6-8-12-7-4-5-9-13(12)16(14)22-11-24(18)19(15)25/h4-5,7,9,11,17,21,26H,3,6,8,10H2,1-2H3/b20-15+. The first-order chi connectivity index (χ1) is 13.2. The zero-order valence-electron chi connectivity index (χ0n) is 15.4. The number of fused-ring (bicyclic) bond motifs is 4. The molecule has 1 aromatic carbocycles. The molecule has 140 valence electrons. The van der Waals surface area contributed by atoms with E-state index in [4.69, 9.17) is 9.73 Å². The van der Waals surface area contributed by atoms with Gasteiger partial charge in [-0.15, -0.1) is 0 Å². The summed E-state index contributed by atoms with van der Waals surface area (Å²) >= 11 is 0. The molecule has 1 unspecified atom stereocenters. The van der Waals surface area contributed by atoms with Crippen molar-refractivity contribution in [1.29, 1.82) is 0 Å². The molecule has 1 amide bonds. The van der Waals surface area contributed by atoms with Crippen molar-refractivity contribution >= 4 is 23.8 Å². The van der Waals surface area contributed by atoms with E-state index in [9.17, 15) is 9.90 Å². The Morgan fingerprint density at radius 3 is 2.96 bits per heavy atom. The van der Waals surface area contributed by atoms with Crippen molar-refractivity contribution in [3.05, 3.63) is 52.5 Å². The lowest BCUT2D eigenvalue weighted by atomic mass is 9.99. The number of hydrogen-bond acceptors (Lipinski definition) is 6. The molecule has 0 saturated carbocycles. The zero-order valence-corrected chi connectivity index (χ0v) is 15.4. The van der Waals surface area contributed by atoms with Crippen LogP contribution in [0.15, 0.2) is 51.3 Å². The van der Waals surface area contributed by atoms with Gasteiger partial charge in [0, 0.05) is 11.1 Å². The third-order valence-electron chi connectivity index (χ3n) is 4.99. The minimum absolute atomic E-state index is 0.0904. The molecule has 1 aromatic rings. The Hall–Kier alpha value is -2.93. The maximum Gasteiger partial charge on any atom is 0.289 e. The fourth-order valence-electron chi connectivity index (χ4n) is 3.74. The normalized spacial score (nSPS) is 23.2. The maximum absolute atomic E-state index is 13.0. The van der Waals surface area contributed by atoms with Gasteiger partial charge in [-0.2, -0.15) is 0 Å². The third-order valence-corrected chi connectivity index (χ3v) is 4.99. The molecule has 4 rings (SSSR count). The van der Waals surface area contributed by atoms with E-state index in [1.165, 1.54) is 16.8 Å². The number of amidine groups is 1. The predicted molar refractivity (Wildman–Crippen MR) is 103 cm³/mol. The van der Waals surface area contributed by atoms with Gasteiger partial charge in [0.05, 0.1) is 12.3 Å². The lowest BCUT2D eigenvalue weighted by molar-refractivity contribution is -0.122. The Morgan fingerprint density at radius 1 is 1.37 bits per heavy atom. The molecule has 0 saturated heterocycles. The number of nitrogens with zero attached hydrogens (tertiary/aromatic N) is 3. The lowest BCUT2D eigenvalue weighted by Crippen LogP contribution is -2.49. The van der Waals surface area contributed by atoms with Gasteiger partial charge < -0.3 is 9.84 Å². The number of aryl methyl sites for hydroxylation is 1. The van der Waals surface area contributed by atoms with Gasteiger partial charge in [0.25, 0.3) is 11.9 Å². The van der Waals surface area contributed by atoms with Crippen molar-refractivity contribution in [2.75, 3.05) is 13.7 Å². The summed E-state index contributed by atoms with van der Waals surface area (Å²) in [6, 6.07) is 8.23. The summed E-state index contributed by atoms with van der Waals surface area (Å²) in [7, 11) is 1.70. The van der Waals surface area contributed by atoms with Crippen molar-refractivity contribution in [2.24, 2.45) is 9.98 Å². The van der Waals surface area contributed by atoms with Crippen LogP contribution in [0.4, 0.5) is 0 Å². The Kier molecular flexibility index (Phi) is 4.53. The molecule has 2 aliphatic heterocycles. The van der Waals surface area contributed by atoms with E-state index in [2.05, 4.69) is 22.4 Å². The van der Waals surface area contributed by atoms with E-state index in [1.54, 1.807) is 14.0 Å². The van der Waals surface area contributed by atoms with Crippen molar-refractivity contribution in [2.45, 2.75) is 32.4 Å². The number of aliphatic hydroxyl groups is 1. The summed E-state index contributed by atoms with van der Waals surface area (Å²) in [5, 5.41) is 13.2. The average Bonchev–Trinajstić information content (AvgIpc) is 2.87. The number of rotatable bonds is 3. The van der Waals surface area contributed by atoms with Gasteiger partial charge in [-0.05, 0) is 38.8 Å². The Balaban J connectivity index is 1.85. The number of likely N-dealkylation sites (N-methyl/N-ethyl adjacent to an activating group) is 1. The number of carbonyl (C=O) groups is 1. The Bertz CT molecular complexity index is 914. The van der Waals surface area contributed by atoms with Gasteiger partial charge >= 0.3 is 0 Å². The zero-order chi connectivity index (χ0) is 19.0. The van der Waals surface area contributed by atoms with Crippen molar-refractivity contribution in [1.82, 2.24) is 10.2 Å². The lowest BCUT2D eigenvalue weighted by Gasteiger charge is -2.33. The quantitative estimate of drug-likeness (QED) is 0.635. The predicted octanol–water partition coefficient (Wildman–Crippen LogP) is 2.37. The van der Waals surface area contributed by atoms with Gasteiger partial charge in [0.2, 0.25) is 0 Å². The van der Waals surface area contributed by atoms with Crippen LogP contribution >= 0.6 is 0 Å². The first-order valence-electron chi connectivity index (χ1n) is 9.16. The largest absolute Gasteiger partial charge is 0.481 e. The number of ether oxygens (including phenoxy) is 1. The number of aliphatic imine (C=N–C) groups is 2. The third kappa shape index (κ3) is 2.84. The van der Waals surface area contributed by atoms with Crippen LogP contribution in [0.2, 0.25) is 0 Å². The van der Waals surface area contributed by atoms with Crippen LogP contribution in [0, 0.1) is 0 Å². The molecule has 1 atom stereocenters. The second kappa shape index (κ2) is 7.00. The van der Waals surface area contributed by atoms with Crippen LogP contribution in [0.3, 0.4) is 0 Å². The monoisotopic (exact) mass is 366 g/mol. The molecule has 2 N–H and O–H groups in total. The van der Waals surface area contributed by atoms with E-state index in [0.29, 0.717) is 5.84 Å². The molecule has 0 bridgehead atoms. The van der Waals surface area contributed by atoms with Crippen molar-refractivity contribution < 1.29 is 14.6 Å². The molecule has 0 radical (unpaired) electrons. The fraction of sp³-hybridized carbons (Fsp3) is 0.350. The molecule has 0 aromatic heterocycles. The molecule has 27 heavy (non-hydrogen) atoms. The molecule has 0 fully saturated rings. The molecule has 0 spiro atoms. The number of hydrogen-bond donors (Lipinski definition) is 2.